The quantitative estimate of drug-likeness (QED) is 0.741. The van der Waals surface area contributed by atoms with Gasteiger partial charge in [-0.1, -0.05) is 0 Å². The van der Waals surface area contributed by atoms with E-state index in [1.54, 1.807) is 10.6 Å². The third-order valence-corrected chi connectivity index (χ3v) is 2.94. The summed E-state index contributed by atoms with van der Waals surface area (Å²) in [4.78, 5) is 0. The second kappa shape index (κ2) is 3.71. The molecular weight excluding hydrogens is 204 g/mol. The number of rotatable bonds is 2. The second-order valence-corrected chi connectivity index (χ2v) is 4.14. The van der Waals surface area contributed by atoms with Crippen molar-refractivity contribution < 1.29 is 0 Å². The first kappa shape index (κ1) is 9.53. The average molecular weight is 218 g/mol. The Labute approximate surface area is 92.9 Å². The summed E-state index contributed by atoms with van der Waals surface area (Å²) in [5, 5.41) is 15.9. The molecule has 1 unspecified atom stereocenters. The van der Waals surface area contributed by atoms with Gasteiger partial charge in [0.15, 0.2) is 11.5 Å². The Morgan fingerprint density at radius 3 is 3.19 bits per heavy atom. The summed E-state index contributed by atoms with van der Waals surface area (Å²) in [6, 6.07) is 4.07. The van der Waals surface area contributed by atoms with Crippen molar-refractivity contribution in [2.45, 2.75) is 25.3 Å². The number of nitrogens with two attached hydrogens (primary N) is 1. The van der Waals surface area contributed by atoms with Crippen LogP contribution in [-0.4, -0.2) is 32.4 Å². The zero-order valence-corrected chi connectivity index (χ0v) is 8.93. The normalized spacial score (nSPS) is 20.6. The predicted molar refractivity (Wildman–Crippen MR) is 59.9 cm³/mol. The largest absolute Gasteiger partial charge is 0.382 e. The topological polar surface area (TPSA) is 81.1 Å². The maximum atomic E-state index is 5.66. The third-order valence-electron chi connectivity index (χ3n) is 2.94. The molecule has 2 aromatic rings. The number of hydrogen-bond donors (Lipinski definition) is 2. The fraction of sp³-hybridized carbons (Fsp3) is 0.500. The van der Waals surface area contributed by atoms with Crippen molar-refractivity contribution in [3.8, 4) is 0 Å². The van der Waals surface area contributed by atoms with Crippen LogP contribution in [0.4, 0.5) is 5.82 Å². The minimum Gasteiger partial charge on any atom is -0.382 e. The van der Waals surface area contributed by atoms with Crippen molar-refractivity contribution >= 4 is 11.5 Å². The molecule has 3 N–H and O–H groups in total. The average Bonchev–Trinajstić information content (AvgIpc) is 2.90. The van der Waals surface area contributed by atoms with Crippen LogP contribution in [0.25, 0.3) is 5.65 Å². The number of anilines is 1. The standard InChI is InChI=1S/C10H14N6/c11-8-3-4-9-13-14-10(16(9)15-8)6-7-2-1-5-12-7/h3-4,7,12H,1-2,5-6H2,(H2,11,15). The molecular formula is C10H14N6. The summed E-state index contributed by atoms with van der Waals surface area (Å²) >= 11 is 0. The van der Waals surface area contributed by atoms with E-state index >= 15 is 0 Å². The minimum atomic E-state index is 0.493. The fourth-order valence-corrected chi connectivity index (χ4v) is 2.13. The van der Waals surface area contributed by atoms with Crippen LogP contribution < -0.4 is 11.1 Å². The van der Waals surface area contributed by atoms with Gasteiger partial charge in [0.25, 0.3) is 0 Å². The van der Waals surface area contributed by atoms with Crippen LogP contribution in [0.15, 0.2) is 12.1 Å². The highest BCUT2D eigenvalue weighted by Gasteiger charge is 2.18. The van der Waals surface area contributed by atoms with Crippen LogP contribution >= 0.6 is 0 Å². The lowest BCUT2D eigenvalue weighted by atomic mass is 10.1. The van der Waals surface area contributed by atoms with E-state index in [0.29, 0.717) is 11.9 Å². The molecule has 0 radical (unpaired) electrons. The fourth-order valence-electron chi connectivity index (χ4n) is 2.13. The molecule has 84 valence electrons. The second-order valence-electron chi connectivity index (χ2n) is 4.14. The molecule has 3 rings (SSSR count). The number of nitrogens with one attached hydrogen (secondary N) is 1. The third kappa shape index (κ3) is 1.61. The van der Waals surface area contributed by atoms with E-state index in [0.717, 1.165) is 24.4 Å². The number of hydrogen-bond acceptors (Lipinski definition) is 5. The van der Waals surface area contributed by atoms with Crippen molar-refractivity contribution in [3.05, 3.63) is 18.0 Å². The van der Waals surface area contributed by atoms with Gasteiger partial charge >= 0.3 is 0 Å². The minimum absolute atomic E-state index is 0.493. The highest BCUT2D eigenvalue weighted by Crippen LogP contribution is 2.11. The van der Waals surface area contributed by atoms with Crippen LogP contribution in [0.1, 0.15) is 18.7 Å². The summed E-state index contributed by atoms with van der Waals surface area (Å²) in [6.07, 6.45) is 3.28. The van der Waals surface area contributed by atoms with E-state index in [1.807, 2.05) is 6.07 Å². The Hall–Kier alpha value is -1.69. The van der Waals surface area contributed by atoms with Gasteiger partial charge in [-0.05, 0) is 31.5 Å². The first-order chi connectivity index (χ1) is 7.83. The lowest BCUT2D eigenvalue weighted by Crippen LogP contribution is -2.25. The number of nitrogens with zero attached hydrogens (tertiary/aromatic N) is 4. The maximum Gasteiger partial charge on any atom is 0.178 e. The van der Waals surface area contributed by atoms with E-state index in [2.05, 4.69) is 20.6 Å². The first-order valence-electron chi connectivity index (χ1n) is 5.53. The summed E-state index contributed by atoms with van der Waals surface area (Å²) < 4.78 is 1.73. The molecule has 1 fully saturated rings. The smallest absolute Gasteiger partial charge is 0.178 e. The molecule has 6 heteroatoms. The highest BCUT2D eigenvalue weighted by atomic mass is 15.4. The van der Waals surface area contributed by atoms with Gasteiger partial charge in [0.05, 0.1) is 0 Å². The lowest BCUT2D eigenvalue weighted by Gasteiger charge is -2.07. The number of nitrogen functional groups attached to an aromatic ring is 1. The zero-order chi connectivity index (χ0) is 11.0. The monoisotopic (exact) mass is 218 g/mol. The predicted octanol–water partition coefficient (Wildman–Crippen LogP) is 0.001000. The SMILES string of the molecule is Nc1ccc2nnc(CC3CCCN3)n2n1. The van der Waals surface area contributed by atoms with Gasteiger partial charge in [0.1, 0.15) is 5.82 Å². The van der Waals surface area contributed by atoms with Crippen LogP contribution in [-0.2, 0) is 6.42 Å². The van der Waals surface area contributed by atoms with Gasteiger partial charge in [-0.15, -0.1) is 15.3 Å². The van der Waals surface area contributed by atoms with Crippen molar-refractivity contribution in [3.63, 3.8) is 0 Å². The van der Waals surface area contributed by atoms with Crippen LogP contribution in [0.2, 0.25) is 0 Å². The molecule has 16 heavy (non-hydrogen) atoms. The Morgan fingerprint density at radius 2 is 2.38 bits per heavy atom. The molecule has 1 aliphatic rings. The van der Waals surface area contributed by atoms with Crippen LogP contribution in [0.5, 0.6) is 0 Å². The molecule has 0 spiro atoms. The van der Waals surface area contributed by atoms with Gasteiger partial charge in [-0.3, -0.25) is 0 Å². The molecule has 0 aliphatic carbocycles. The lowest BCUT2D eigenvalue weighted by molar-refractivity contribution is 0.576. The van der Waals surface area contributed by atoms with E-state index in [4.69, 9.17) is 5.73 Å². The summed E-state index contributed by atoms with van der Waals surface area (Å²) in [7, 11) is 0. The van der Waals surface area contributed by atoms with Crippen molar-refractivity contribution in [1.29, 1.82) is 0 Å². The van der Waals surface area contributed by atoms with Gasteiger partial charge < -0.3 is 11.1 Å². The molecule has 1 aliphatic heterocycles. The number of aromatic nitrogens is 4. The maximum absolute atomic E-state index is 5.66. The van der Waals surface area contributed by atoms with Crippen LogP contribution in [0, 0.1) is 0 Å². The number of fused-ring (bicyclic) bond motifs is 1. The Bertz CT molecular complexity index is 499. The molecule has 1 atom stereocenters. The van der Waals surface area contributed by atoms with Gasteiger partial charge in [-0.25, -0.2) is 0 Å². The van der Waals surface area contributed by atoms with Crippen molar-refractivity contribution in [1.82, 2.24) is 25.1 Å². The van der Waals surface area contributed by atoms with E-state index in [-0.39, 0.29) is 0 Å². The molecule has 3 heterocycles. The van der Waals surface area contributed by atoms with Crippen molar-refractivity contribution in [2.24, 2.45) is 0 Å². The summed E-state index contributed by atoms with van der Waals surface area (Å²) in [5.41, 5.74) is 6.41. The Morgan fingerprint density at radius 1 is 1.44 bits per heavy atom. The first-order valence-corrected chi connectivity index (χ1v) is 5.53. The zero-order valence-electron chi connectivity index (χ0n) is 8.93. The molecule has 2 aromatic heterocycles. The highest BCUT2D eigenvalue weighted by molar-refractivity contribution is 5.41. The molecule has 0 bridgehead atoms. The summed E-state index contributed by atoms with van der Waals surface area (Å²) in [6.45, 7) is 1.09. The molecule has 1 saturated heterocycles. The molecule has 6 nitrogen and oxygen atoms in total. The molecule has 0 aromatic carbocycles. The Balaban J connectivity index is 1.93. The van der Waals surface area contributed by atoms with E-state index in [9.17, 15) is 0 Å². The molecule has 0 saturated carbocycles. The van der Waals surface area contributed by atoms with Gasteiger partial charge in [0, 0.05) is 12.5 Å². The Kier molecular flexibility index (Phi) is 2.21. The molecule has 0 amide bonds. The van der Waals surface area contributed by atoms with Crippen LogP contribution in [0.3, 0.4) is 0 Å². The van der Waals surface area contributed by atoms with Gasteiger partial charge in [0.2, 0.25) is 0 Å². The van der Waals surface area contributed by atoms with Gasteiger partial charge in [-0.2, -0.15) is 4.52 Å². The van der Waals surface area contributed by atoms with E-state index < -0.39 is 0 Å². The summed E-state index contributed by atoms with van der Waals surface area (Å²) in [5.74, 6) is 1.37. The van der Waals surface area contributed by atoms with E-state index in [1.165, 1.54) is 12.8 Å². The van der Waals surface area contributed by atoms with Crippen molar-refractivity contribution in [2.75, 3.05) is 12.3 Å².